The van der Waals surface area contributed by atoms with Crippen molar-refractivity contribution in [2.75, 3.05) is 7.11 Å². The number of aromatic amines is 1. The van der Waals surface area contributed by atoms with Gasteiger partial charge in [0.05, 0.1) is 19.2 Å². The van der Waals surface area contributed by atoms with E-state index in [0.29, 0.717) is 17.1 Å². The van der Waals surface area contributed by atoms with Gasteiger partial charge in [0, 0.05) is 0 Å². The predicted octanol–water partition coefficient (Wildman–Crippen LogP) is 1.36. The van der Waals surface area contributed by atoms with E-state index >= 15 is 0 Å². The molecule has 6 nitrogen and oxygen atoms in total. The van der Waals surface area contributed by atoms with E-state index in [9.17, 15) is 4.79 Å². The zero-order chi connectivity index (χ0) is 13.8. The van der Waals surface area contributed by atoms with Crippen molar-refractivity contribution in [3.05, 3.63) is 41.0 Å². The third-order valence-electron chi connectivity index (χ3n) is 2.73. The fraction of sp³-hybridized carbons (Fsp3) is 0.308. The lowest BCUT2D eigenvalue weighted by Crippen LogP contribution is -2.24. The molecule has 0 aliphatic heterocycles. The van der Waals surface area contributed by atoms with Gasteiger partial charge >= 0.3 is 0 Å². The van der Waals surface area contributed by atoms with Crippen LogP contribution in [-0.2, 0) is 6.54 Å². The number of amides is 1. The third-order valence-corrected chi connectivity index (χ3v) is 2.73. The summed E-state index contributed by atoms with van der Waals surface area (Å²) < 4.78 is 5.21. The number of carbonyl (C=O) groups is 1. The number of carbonyl (C=O) groups excluding carboxylic acids is 1. The van der Waals surface area contributed by atoms with Gasteiger partial charge in [-0.3, -0.25) is 9.89 Å². The molecule has 0 saturated carbocycles. The van der Waals surface area contributed by atoms with Crippen LogP contribution in [0, 0.1) is 13.8 Å². The Morgan fingerprint density at radius 2 is 2.21 bits per heavy atom. The number of nitrogens with one attached hydrogen (secondary N) is 2. The van der Waals surface area contributed by atoms with Gasteiger partial charge < -0.3 is 10.1 Å². The number of aromatic nitrogens is 3. The molecule has 0 fully saturated rings. The number of hydrogen-bond acceptors (Lipinski definition) is 4. The smallest absolute Gasteiger partial charge is 0.255 e. The van der Waals surface area contributed by atoms with Crippen LogP contribution in [0.5, 0.6) is 5.75 Å². The molecule has 0 aliphatic rings. The topological polar surface area (TPSA) is 79.9 Å². The number of rotatable bonds is 4. The Hall–Kier alpha value is -2.37. The normalized spacial score (nSPS) is 10.3. The summed E-state index contributed by atoms with van der Waals surface area (Å²) in [5.41, 5.74) is 1.40. The van der Waals surface area contributed by atoms with Gasteiger partial charge in [0.2, 0.25) is 0 Å². The molecule has 1 heterocycles. The highest BCUT2D eigenvalue weighted by atomic mass is 16.5. The third kappa shape index (κ3) is 2.90. The van der Waals surface area contributed by atoms with Crippen LogP contribution < -0.4 is 10.1 Å². The number of benzene rings is 1. The number of aryl methyl sites for hydroxylation is 2. The molecule has 6 heteroatoms. The molecule has 100 valence electrons. The lowest BCUT2D eigenvalue weighted by Gasteiger charge is -2.10. The molecule has 19 heavy (non-hydrogen) atoms. The molecule has 0 unspecified atom stereocenters. The second-order valence-corrected chi connectivity index (χ2v) is 4.17. The highest BCUT2D eigenvalue weighted by molar-refractivity contribution is 5.98. The largest absolute Gasteiger partial charge is 0.496 e. The number of hydrogen-bond donors (Lipinski definition) is 2. The zero-order valence-corrected chi connectivity index (χ0v) is 11.2. The Kier molecular flexibility index (Phi) is 3.79. The van der Waals surface area contributed by atoms with Gasteiger partial charge in [0.15, 0.2) is 5.82 Å². The van der Waals surface area contributed by atoms with Crippen LogP contribution in [0.1, 0.15) is 27.6 Å². The van der Waals surface area contributed by atoms with E-state index in [-0.39, 0.29) is 12.5 Å². The van der Waals surface area contributed by atoms with Gasteiger partial charge in [-0.1, -0.05) is 12.1 Å². The number of methoxy groups -OCH3 is 1. The highest BCUT2D eigenvalue weighted by Crippen LogP contribution is 2.21. The number of H-pyrrole nitrogens is 1. The first kappa shape index (κ1) is 13.1. The van der Waals surface area contributed by atoms with Crippen LogP contribution in [0.25, 0.3) is 0 Å². The summed E-state index contributed by atoms with van der Waals surface area (Å²) in [6.07, 6.45) is 0. The van der Waals surface area contributed by atoms with Gasteiger partial charge in [-0.15, -0.1) is 0 Å². The first-order chi connectivity index (χ1) is 9.11. The average molecular weight is 260 g/mol. The van der Waals surface area contributed by atoms with Crippen LogP contribution in [-0.4, -0.2) is 28.2 Å². The molecule has 0 saturated heterocycles. The Morgan fingerprint density at radius 1 is 1.42 bits per heavy atom. The first-order valence-corrected chi connectivity index (χ1v) is 5.91. The van der Waals surface area contributed by atoms with Crippen molar-refractivity contribution in [3.8, 4) is 5.75 Å². The van der Waals surface area contributed by atoms with E-state index in [1.165, 1.54) is 0 Å². The first-order valence-electron chi connectivity index (χ1n) is 5.91. The number of nitrogens with zero attached hydrogens (tertiary/aromatic N) is 2. The minimum atomic E-state index is -0.197. The molecule has 0 atom stereocenters. The van der Waals surface area contributed by atoms with Crippen molar-refractivity contribution < 1.29 is 9.53 Å². The second-order valence-electron chi connectivity index (χ2n) is 4.17. The van der Waals surface area contributed by atoms with Crippen molar-refractivity contribution in [3.63, 3.8) is 0 Å². The van der Waals surface area contributed by atoms with Crippen molar-refractivity contribution in [2.24, 2.45) is 0 Å². The van der Waals surface area contributed by atoms with E-state index in [4.69, 9.17) is 4.74 Å². The maximum Gasteiger partial charge on any atom is 0.255 e. The molecular weight excluding hydrogens is 244 g/mol. The summed E-state index contributed by atoms with van der Waals surface area (Å²) in [5.74, 6) is 1.64. The zero-order valence-electron chi connectivity index (χ0n) is 11.2. The summed E-state index contributed by atoms with van der Waals surface area (Å²) in [7, 11) is 1.55. The summed E-state index contributed by atoms with van der Waals surface area (Å²) in [5, 5.41) is 9.47. The van der Waals surface area contributed by atoms with Gasteiger partial charge in [-0.05, 0) is 25.5 Å². The standard InChI is InChI=1S/C13H16N4O2/c1-8-5-4-6-10(19-3)12(8)13(18)14-7-11-15-9(2)16-17-11/h4-6H,7H2,1-3H3,(H,14,18)(H,15,16,17). The van der Waals surface area contributed by atoms with Crippen molar-refractivity contribution in [2.45, 2.75) is 20.4 Å². The molecule has 1 amide bonds. The molecule has 0 spiro atoms. The molecule has 0 aliphatic carbocycles. The van der Waals surface area contributed by atoms with E-state index in [2.05, 4.69) is 20.5 Å². The Balaban J connectivity index is 2.12. The van der Waals surface area contributed by atoms with E-state index < -0.39 is 0 Å². The molecule has 1 aromatic heterocycles. The summed E-state index contributed by atoms with van der Waals surface area (Å²) in [4.78, 5) is 16.3. The molecule has 0 radical (unpaired) electrons. The minimum absolute atomic E-state index is 0.197. The Bertz CT molecular complexity index is 592. The van der Waals surface area contributed by atoms with Crippen LogP contribution >= 0.6 is 0 Å². The highest BCUT2D eigenvalue weighted by Gasteiger charge is 2.15. The molecular formula is C13H16N4O2. The van der Waals surface area contributed by atoms with Gasteiger partial charge in [-0.25, -0.2) is 4.98 Å². The van der Waals surface area contributed by atoms with Crippen molar-refractivity contribution >= 4 is 5.91 Å². The quantitative estimate of drug-likeness (QED) is 0.869. The maximum absolute atomic E-state index is 12.2. The molecule has 2 aromatic rings. The van der Waals surface area contributed by atoms with Crippen LogP contribution in [0.15, 0.2) is 18.2 Å². The second kappa shape index (κ2) is 5.51. The Morgan fingerprint density at radius 3 is 2.84 bits per heavy atom. The average Bonchev–Trinajstić information content (AvgIpc) is 2.81. The summed E-state index contributed by atoms with van der Waals surface area (Å²) in [6.45, 7) is 3.96. The monoisotopic (exact) mass is 260 g/mol. The Labute approximate surface area is 111 Å². The van der Waals surface area contributed by atoms with E-state index in [0.717, 1.165) is 11.4 Å². The fourth-order valence-electron chi connectivity index (χ4n) is 1.82. The lowest BCUT2D eigenvalue weighted by molar-refractivity contribution is 0.0946. The molecule has 1 aromatic carbocycles. The molecule has 0 bridgehead atoms. The van der Waals surface area contributed by atoms with Crippen molar-refractivity contribution in [1.29, 1.82) is 0 Å². The van der Waals surface area contributed by atoms with Gasteiger partial charge in [0.25, 0.3) is 5.91 Å². The lowest BCUT2D eigenvalue weighted by atomic mass is 10.1. The SMILES string of the molecule is COc1cccc(C)c1C(=O)NCc1n[nH]c(C)n1. The van der Waals surface area contributed by atoms with Crippen LogP contribution in [0.2, 0.25) is 0 Å². The minimum Gasteiger partial charge on any atom is -0.496 e. The van der Waals surface area contributed by atoms with Gasteiger partial charge in [-0.2, -0.15) is 5.10 Å². The number of ether oxygens (including phenoxy) is 1. The van der Waals surface area contributed by atoms with Crippen LogP contribution in [0.4, 0.5) is 0 Å². The van der Waals surface area contributed by atoms with Crippen molar-refractivity contribution in [1.82, 2.24) is 20.5 Å². The molecule has 2 N–H and O–H groups in total. The summed E-state index contributed by atoms with van der Waals surface area (Å²) in [6, 6.07) is 5.48. The summed E-state index contributed by atoms with van der Waals surface area (Å²) >= 11 is 0. The maximum atomic E-state index is 12.2. The molecule has 2 rings (SSSR count). The van der Waals surface area contributed by atoms with E-state index in [1.807, 2.05) is 26.0 Å². The van der Waals surface area contributed by atoms with Crippen LogP contribution in [0.3, 0.4) is 0 Å². The van der Waals surface area contributed by atoms with E-state index in [1.54, 1.807) is 13.2 Å². The fourth-order valence-corrected chi connectivity index (χ4v) is 1.82. The predicted molar refractivity (Wildman–Crippen MR) is 70.0 cm³/mol. The van der Waals surface area contributed by atoms with Gasteiger partial charge in [0.1, 0.15) is 11.6 Å².